The van der Waals surface area contributed by atoms with Crippen LogP contribution in [0.15, 0.2) is 110 Å². The van der Waals surface area contributed by atoms with Crippen LogP contribution in [0, 0.1) is 0 Å². The largest absolute Gasteiger partial charge is 3.00 e. The van der Waals surface area contributed by atoms with Crippen molar-refractivity contribution in [2.45, 2.75) is 6.92 Å². The number of para-hydroxylation sites is 3. The van der Waals surface area contributed by atoms with Gasteiger partial charge in [-0.15, -0.1) is 0 Å². The third-order valence-corrected chi connectivity index (χ3v) is 4.79. The van der Waals surface area contributed by atoms with Crippen LogP contribution < -0.4 is 15.3 Å². The molecule has 1 N–H and O–H groups in total. The predicted octanol–water partition coefficient (Wildman–Crippen LogP) is 3.92. The number of hydrogen-bond acceptors (Lipinski definition) is 7. The standard InChI is InChI=1S/3C9H7NO.C2H6O.Cr/c3*11-8-5-1-3-7-4-2-6-10-9(7)8;1-2-3;/h3*1-6,11H;3H,2H2,1H3;/q;;;;+3/p-3. The summed E-state index contributed by atoms with van der Waals surface area (Å²) in [7, 11) is 0. The molecule has 0 atom stereocenters. The minimum atomic E-state index is -0.0110. The fourth-order valence-corrected chi connectivity index (χ4v) is 3.23. The molecule has 7 nitrogen and oxygen atoms in total. The van der Waals surface area contributed by atoms with E-state index in [-0.39, 0.29) is 41.2 Å². The van der Waals surface area contributed by atoms with Crippen molar-refractivity contribution < 1.29 is 37.8 Å². The molecule has 0 amide bonds. The van der Waals surface area contributed by atoms with Crippen molar-refractivity contribution in [3.8, 4) is 17.2 Å². The number of aliphatic hydroxyl groups excluding tert-OH is 1. The molecule has 37 heavy (non-hydrogen) atoms. The van der Waals surface area contributed by atoms with Gasteiger partial charge in [0.1, 0.15) is 0 Å². The van der Waals surface area contributed by atoms with Gasteiger partial charge in [0.15, 0.2) is 0 Å². The summed E-state index contributed by atoms with van der Waals surface area (Å²) in [6.45, 7) is 1.93. The molecule has 0 saturated carbocycles. The first kappa shape index (κ1) is 29.0. The zero-order valence-corrected chi connectivity index (χ0v) is 21.3. The molecule has 3 aromatic heterocycles. The van der Waals surface area contributed by atoms with E-state index < -0.39 is 0 Å². The number of aliphatic hydroxyl groups is 1. The minimum Gasteiger partial charge on any atom is -0.871 e. The first-order valence-electron chi connectivity index (χ1n) is 11.2. The smallest absolute Gasteiger partial charge is 0.871 e. The Morgan fingerprint density at radius 2 is 0.757 bits per heavy atom. The molecule has 3 heterocycles. The summed E-state index contributed by atoms with van der Waals surface area (Å²) in [6.07, 6.45) is 4.89. The van der Waals surface area contributed by atoms with Crippen molar-refractivity contribution in [3.05, 3.63) is 110 Å². The minimum absolute atomic E-state index is 0. The topological polar surface area (TPSA) is 128 Å². The van der Waals surface area contributed by atoms with E-state index in [0.29, 0.717) is 16.6 Å². The summed E-state index contributed by atoms with van der Waals surface area (Å²) in [5.74, 6) is -0.0331. The van der Waals surface area contributed by atoms with Gasteiger partial charge >= 0.3 is 17.4 Å². The Morgan fingerprint density at radius 3 is 1.00 bits per heavy atom. The molecule has 0 spiro atoms. The van der Waals surface area contributed by atoms with Crippen LogP contribution in [0.5, 0.6) is 17.2 Å². The first-order chi connectivity index (χ1) is 17.5. The number of fused-ring (bicyclic) bond motifs is 3. The van der Waals surface area contributed by atoms with Crippen LogP contribution in [0.3, 0.4) is 0 Å². The Labute approximate surface area is 225 Å². The molecule has 0 aliphatic carbocycles. The van der Waals surface area contributed by atoms with Gasteiger partial charge in [-0.25, -0.2) is 0 Å². The third-order valence-electron chi connectivity index (χ3n) is 4.79. The summed E-state index contributed by atoms with van der Waals surface area (Å²) in [6, 6.07) is 26.5. The molecule has 0 aliphatic rings. The summed E-state index contributed by atoms with van der Waals surface area (Å²) >= 11 is 0. The van der Waals surface area contributed by atoms with Crippen molar-refractivity contribution in [1.29, 1.82) is 0 Å². The SMILES string of the molecule is CCO.[Cr+3].[O-]c1cccc2cccnc12.[O-]c1cccc2cccnc12.[O-]c1cccc2cccnc12. The summed E-state index contributed by atoms with van der Waals surface area (Å²) in [4.78, 5) is 11.9. The molecule has 6 rings (SSSR count). The maximum Gasteiger partial charge on any atom is 3.00 e. The summed E-state index contributed by atoms with van der Waals surface area (Å²) in [5.41, 5.74) is 1.65. The van der Waals surface area contributed by atoms with E-state index in [1.807, 2.05) is 54.6 Å². The van der Waals surface area contributed by atoms with Gasteiger partial charge in [0.05, 0.1) is 16.6 Å². The van der Waals surface area contributed by atoms with Crippen LogP contribution in [-0.2, 0) is 17.4 Å². The molecule has 3 aromatic carbocycles. The van der Waals surface area contributed by atoms with Gasteiger partial charge in [-0.2, -0.15) is 0 Å². The van der Waals surface area contributed by atoms with Gasteiger partial charge < -0.3 is 20.4 Å². The van der Waals surface area contributed by atoms with Crippen molar-refractivity contribution in [3.63, 3.8) is 0 Å². The normalized spacial score (nSPS) is 9.57. The Morgan fingerprint density at radius 1 is 0.514 bits per heavy atom. The van der Waals surface area contributed by atoms with Crippen molar-refractivity contribution in [1.82, 2.24) is 15.0 Å². The number of nitrogens with zero attached hydrogens (tertiary/aromatic N) is 3. The van der Waals surface area contributed by atoms with E-state index in [9.17, 15) is 15.3 Å². The monoisotopic (exact) mass is 530 g/mol. The van der Waals surface area contributed by atoms with Gasteiger partial charge in [0, 0.05) is 25.2 Å². The van der Waals surface area contributed by atoms with Crippen LogP contribution >= 0.6 is 0 Å². The van der Waals surface area contributed by atoms with E-state index in [0.717, 1.165) is 16.2 Å². The number of aromatic nitrogens is 3. The fraction of sp³-hybridized carbons (Fsp3) is 0.0690. The van der Waals surface area contributed by atoms with Crippen molar-refractivity contribution in [2.24, 2.45) is 0 Å². The van der Waals surface area contributed by atoms with E-state index in [1.54, 1.807) is 43.7 Å². The van der Waals surface area contributed by atoms with E-state index in [1.165, 1.54) is 18.2 Å². The Bertz CT molecular complexity index is 1350. The second-order valence-corrected chi connectivity index (χ2v) is 7.31. The Balaban J connectivity index is 0.000000183. The number of hydrogen-bond donors (Lipinski definition) is 1. The quantitative estimate of drug-likeness (QED) is 0.315. The van der Waals surface area contributed by atoms with Crippen molar-refractivity contribution in [2.75, 3.05) is 6.61 Å². The van der Waals surface area contributed by atoms with Crippen LogP contribution in [0.2, 0.25) is 0 Å². The van der Waals surface area contributed by atoms with Gasteiger partial charge in [0.25, 0.3) is 0 Å². The number of benzene rings is 3. The van der Waals surface area contributed by atoms with Crippen LogP contribution in [0.1, 0.15) is 6.92 Å². The molecule has 8 heteroatoms. The fourth-order valence-electron chi connectivity index (χ4n) is 3.23. The molecule has 0 bridgehead atoms. The molecular formula is C29H24CrN3O4. The summed E-state index contributed by atoms with van der Waals surface area (Å²) in [5, 5.41) is 43.6. The van der Waals surface area contributed by atoms with Crippen LogP contribution in [-0.4, -0.2) is 26.7 Å². The van der Waals surface area contributed by atoms with Gasteiger partial charge in [0.2, 0.25) is 0 Å². The van der Waals surface area contributed by atoms with E-state index in [4.69, 9.17) is 5.11 Å². The zero-order valence-electron chi connectivity index (χ0n) is 20.0. The Hall–Kier alpha value is -4.22. The zero-order chi connectivity index (χ0) is 25.8. The van der Waals surface area contributed by atoms with Crippen LogP contribution in [0.4, 0.5) is 0 Å². The Kier molecular flexibility index (Phi) is 11.8. The van der Waals surface area contributed by atoms with Gasteiger partial charge in [-0.1, -0.05) is 90.0 Å². The summed E-state index contributed by atoms with van der Waals surface area (Å²) < 4.78 is 0. The van der Waals surface area contributed by atoms with E-state index in [2.05, 4.69) is 15.0 Å². The molecule has 6 aromatic rings. The molecule has 0 fully saturated rings. The molecule has 0 aliphatic heterocycles. The van der Waals surface area contributed by atoms with Crippen LogP contribution in [0.25, 0.3) is 32.7 Å². The maximum atomic E-state index is 11.1. The predicted molar refractivity (Wildman–Crippen MR) is 136 cm³/mol. The molecular weight excluding hydrogens is 506 g/mol. The second-order valence-electron chi connectivity index (χ2n) is 7.31. The van der Waals surface area contributed by atoms with Gasteiger partial charge in [-0.3, -0.25) is 15.0 Å². The molecule has 185 valence electrons. The maximum absolute atomic E-state index is 11.1. The second kappa shape index (κ2) is 15.0. The first-order valence-corrected chi connectivity index (χ1v) is 11.2. The van der Waals surface area contributed by atoms with Crippen molar-refractivity contribution >= 4 is 32.7 Å². The average molecular weight is 531 g/mol. The molecule has 0 unspecified atom stereocenters. The molecule has 1 radical (unpaired) electrons. The molecule has 0 saturated heterocycles. The third kappa shape index (κ3) is 8.16. The van der Waals surface area contributed by atoms with E-state index >= 15 is 0 Å². The number of pyridine rings is 3. The average Bonchev–Trinajstić information content (AvgIpc) is 2.91. The number of rotatable bonds is 0. The van der Waals surface area contributed by atoms with Gasteiger partial charge in [-0.05, 0) is 41.3 Å².